The number of phosphoric acid groups is 1. The molecule has 0 amide bonds. The van der Waals surface area contributed by atoms with Gasteiger partial charge in [0.1, 0.15) is 5.75 Å². The third-order valence-electron chi connectivity index (χ3n) is 10.5. The maximum Gasteiger partial charge on any atom is 0.530 e. The number of hydrogen-bond donors (Lipinski definition) is 1. The van der Waals surface area contributed by atoms with Gasteiger partial charge in [0.05, 0.1) is 19.3 Å². The number of rotatable bonds is 12. The standard InChI is InChI=1S/C34H44NO5PS2/c1-33-16-14-28(40-41(37,38-20-22-43-42-21-19-36)39-27-8-4-3-5-9-27)23-26(33)10-11-29-31-13-12-30(25-7-6-18-35-24-25)34(31,2)17-15-32(29)33/h3-10,12,18,24,28-29,31-32,36H,11,13-17,19-23H2,1-2H3/t28-,29-,31-,32-,33-,34+,41?/m0/s1. The minimum absolute atomic E-state index is 0.138. The minimum atomic E-state index is -3.83. The SMILES string of the molecule is C[C@]12CC[C@H](OP(=O)(OCCSSCCO)Oc3ccccc3)CC1=CC[C@@H]1[C@@H]2CC[C@]2(C)C(c3cccnc3)=CC[C@@H]12. The molecule has 4 aliphatic rings. The zero-order valence-corrected chi connectivity index (χ0v) is 27.8. The smallest absolute Gasteiger partial charge is 0.404 e. The maximum atomic E-state index is 14.0. The molecule has 6 nitrogen and oxygen atoms in total. The van der Waals surface area contributed by atoms with Gasteiger partial charge in [-0.3, -0.25) is 14.0 Å². The molecule has 0 radical (unpaired) electrons. The van der Waals surface area contributed by atoms with Gasteiger partial charge in [0.25, 0.3) is 0 Å². The second kappa shape index (κ2) is 13.4. The Labute approximate surface area is 264 Å². The Morgan fingerprint density at radius 1 is 0.977 bits per heavy atom. The minimum Gasteiger partial charge on any atom is -0.404 e. The molecule has 9 heteroatoms. The lowest BCUT2D eigenvalue weighted by atomic mass is 9.47. The first-order valence-corrected chi connectivity index (χ1v) is 19.6. The lowest BCUT2D eigenvalue weighted by Crippen LogP contribution is -2.50. The number of fused-ring (bicyclic) bond motifs is 5. The van der Waals surface area contributed by atoms with Crippen LogP contribution in [0.25, 0.3) is 5.57 Å². The Hall–Kier alpha value is -1.54. The Balaban J connectivity index is 1.14. The van der Waals surface area contributed by atoms with Gasteiger partial charge >= 0.3 is 7.82 Å². The van der Waals surface area contributed by atoms with Crippen LogP contribution < -0.4 is 4.52 Å². The van der Waals surface area contributed by atoms with Crippen LogP contribution in [-0.2, 0) is 13.6 Å². The average molecular weight is 642 g/mol. The molecule has 1 unspecified atom stereocenters. The van der Waals surface area contributed by atoms with E-state index in [4.69, 9.17) is 18.7 Å². The first kappa shape index (κ1) is 31.4. The molecule has 1 aromatic carbocycles. The van der Waals surface area contributed by atoms with Gasteiger partial charge in [0.15, 0.2) is 0 Å². The number of aliphatic hydroxyl groups is 1. The van der Waals surface area contributed by atoms with Crippen LogP contribution in [0.3, 0.4) is 0 Å². The molecule has 2 saturated carbocycles. The lowest BCUT2D eigenvalue weighted by Gasteiger charge is -2.58. The first-order valence-electron chi connectivity index (χ1n) is 15.7. The van der Waals surface area contributed by atoms with Crippen LogP contribution in [0.5, 0.6) is 5.75 Å². The van der Waals surface area contributed by atoms with Crippen molar-refractivity contribution in [2.75, 3.05) is 24.7 Å². The molecule has 0 saturated heterocycles. The second-order valence-electron chi connectivity index (χ2n) is 12.8. The molecule has 6 rings (SSSR count). The summed E-state index contributed by atoms with van der Waals surface area (Å²) in [4.78, 5) is 4.42. The van der Waals surface area contributed by atoms with Crippen molar-refractivity contribution in [3.63, 3.8) is 0 Å². The number of nitrogens with zero attached hydrogens (tertiary/aromatic N) is 1. The Morgan fingerprint density at radius 2 is 1.79 bits per heavy atom. The summed E-state index contributed by atoms with van der Waals surface area (Å²) < 4.78 is 32.0. The summed E-state index contributed by atoms with van der Waals surface area (Å²) in [6.45, 7) is 5.37. The van der Waals surface area contributed by atoms with Crippen LogP contribution in [-0.4, -0.2) is 40.9 Å². The summed E-state index contributed by atoms with van der Waals surface area (Å²) in [7, 11) is -0.680. The number of aliphatic hydroxyl groups excluding tert-OH is 1. The van der Waals surface area contributed by atoms with Crippen molar-refractivity contribution in [2.45, 2.75) is 64.9 Å². The van der Waals surface area contributed by atoms with Crippen molar-refractivity contribution < 1.29 is 23.2 Å². The molecule has 2 fully saturated rings. The summed E-state index contributed by atoms with van der Waals surface area (Å²) in [5, 5.41) is 9.01. The fraction of sp³-hybridized carbons (Fsp3) is 0.559. The summed E-state index contributed by atoms with van der Waals surface area (Å²) in [6.07, 6.45) is 16.0. The molecule has 232 valence electrons. The third-order valence-corrected chi connectivity index (χ3v) is 14.4. The van der Waals surface area contributed by atoms with E-state index in [-0.39, 0.29) is 30.1 Å². The molecule has 1 aromatic heterocycles. The van der Waals surface area contributed by atoms with Crippen molar-refractivity contribution in [1.82, 2.24) is 4.98 Å². The Kier molecular flexibility index (Phi) is 9.83. The molecule has 43 heavy (non-hydrogen) atoms. The van der Waals surface area contributed by atoms with Crippen LogP contribution in [0.1, 0.15) is 64.4 Å². The topological polar surface area (TPSA) is 77.9 Å². The normalized spacial score (nSPS) is 32.9. The van der Waals surface area contributed by atoms with Crippen LogP contribution >= 0.6 is 29.4 Å². The predicted octanol–water partition coefficient (Wildman–Crippen LogP) is 9.00. The number of benzene rings is 1. The van der Waals surface area contributed by atoms with E-state index in [0.717, 1.165) is 32.1 Å². The summed E-state index contributed by atoms with van der Waals surface area (Å²) in [5.74, 6) is 3.75. The second-order valence-corrected chi connectivity index (χ2v) is 17.1. The van der Waals surface area contributed by atoms with E-state index in [1.807, 2.05) is 30.6 Å². The van der Waals surface area contributed by atoms with Crippen LogP contribution in [0.4, 0.5) is 0 Å². The van der Waals surface area contributed by atoms with Crippen molar-refractivity contribution in [1.29, 1.82) is 0 Å². The van der Waals surface area contributed by atoms with Gasteiger partial charge in [-0.2, -0.15) is 0 Å². The number of para-hydroxylation sites is 1. The first-order chi connectivity index (χ1) is 20.8. The van der Waals surface area contributed by atoms with Gasteiger partial charge in [-0.05, 0) is 103 Å². The molecular formula is C34H44NO5PS2. The highest BCUT2D eigenvalue weighted by Gasteiger charge is 2.57. The van der Waals surface area contributed by atoms with Gasteiger partial charge in [-0.1, -0.05) is 77.4 Å². The van der Waals surface area contributed by atoms with Gasteiger partial charge in [0.2, 0.25) is 0 Å². The van der Waals surface area contributed by atoms with Crippen molar-refractivity contribution in [3.05, 3.63) is 78.1 Å². The summed E-state index contributed by atoms with van der Waals surface area (Å²) in [5.41, 5.74) is 4.61. The zero-order valence-electron chi connectivity index (χ0n) is 25.2. The molecular weight excluding hydrogens is 597 g/mol. The number of hydrogen-bond acceptors (Lipinski definition) is 8. The highest BCUT2D eigenvalue weighted by atomic mass is 33.1. The quantitative estimate of drug-likeness (QED) is 0.107. The summed E-state index contributed by atoms with van der Waals surface area (Å²) in [6, 6.07) is 13.4. The van der Waals surface area contributed by atoms with Gasteiger partial charge < -0.3 is 9.63 Å². The molecule has 1 N–H and O–H groups in total. The van der Waals surface area contributed by atoms with E-state index in [1.165, 1.54) is 29.6 Å². The molecule has 0 spiro atoms. The number of aromatic nitrogens is 1. The fourth-order valence-corrected chi connectivity index (χ4v) is 11.6. The van der Waals surface area contributed by atoms with Crippen LogP contribution in [0.15, 0.2) is 72.6 Å². The van der Waals surface area contributed by atoms with E-state index >= 15 is 0 Å². The highest BCUT2D eigenvalue weighted by Crippen LogP contribution is 2.67. The number of phosphoric ester groups is 1. The van der Waals surface area contributed by atoms with Crippen LogP contribution in [0.2, 0.25) is 0 Å². The van der Waals surface area contributed by atoms with Crippen molar-refractivity contribution >= 4 is 35.0 Å². The molecule has 4 aliphatic carbocycles. The molecule has 0 bridgehead atoms. The number of allylic oxidation sites excluding steroid dienone is 3. The van der Waals surface area contributed by atoms with Gasteiger partial charge in [0, 0.05) is 23.9 Å². The summed E-state index contributed by atoms with van der Waals surface area (Å²) >= 11 is 0. The molecule has 2 aromatic rings. The number of pyridine rings is 1. The fourth-order valence-electron chi connectivity index (χ4n) is 8.46. The van der Waals surface area contributed by atoms with Gasteiger partial charge in [-0.25, -0.2) is 4.57 Å². The predicted molar refractivity (Wildman–Crippen MR) is 177 cm³/mol. The van der Waals surface area contributed by atoms with E-state index in [9.17, 15) is 4.57 Å². The largest absolute Gasteiger partial charge is 0.530 e. The zero-order chi connectivity index (χ0) is 29.9. The maximum absolute atomic E-state index is 14.0. The van der Waals surface area contributed by atoms with E-state index in [1.54, 1.807) is 33.7 Å². The third kappa shape index (κ3) is 6.57. The molecule has 7 atom stereocenters. The average Bonchev–Trinajstić information content (AvgIpc) is 3.37. The lowest BCUT2D eigenvalue weighted by molar-refractivity contribution is -0.0241. The van der Waals surface area contributed by atoms with E-state index < -0.39 is 7.82 Å². The Bertz CT molecular complexity index is 1360. The van der Waals surface area contributed by atoms with Crippen molar-refractivity contribution in [3.8, 4) is 5.75 Å². The van der Waals surface area contributed by atoms with Gasteiger partial charge in [-0.15, -0.1) is 0 Å². The van der Waals surface area contributed by atoms with Crippen LogP contribution in [0, 0.1) is 28.6 Å². The van der Waals surface area contributed by atoms with Crippen molar-refractivity contribution in [2.24, 2.45) is 28.6 Å². The van der Waals surface area contributed by atoms with E-state index in [0.29, 0.717) is 35.0 Å². The Morgan fingerprint density at radius 3 is 2.58 bits per heavy atom. The molecule has 1 heterocycles. The highest BCUT2D eigenvalue weighted by molar-refractivity contribution is 8.76. The molecule has 0 aliphatic heterocycles. The monoisotopic (exact) mass is 641 g/mol. The van der Waals surface area contributed by atoms with E-state index in [2.05, 4.69) is 43.1 Å².